The molecule has 1 amide bonds. The highest BCUT2D eigenvalue weighted by Gasteiger charge is 2.37. The van der Waals surface area contributed by atoms with Crippen molar-refractivity contribution in [3.63, 3.8) is 0 Å². The van der Waals surface area contributed by atoms with Crippen LogP contribution >= 0.6 is 23.8 Å². The Morgan fingerprint density at radius 2 is 2.05 bits per heavy atom. The summed E-state index contributed by atoms with van der Waals surface area (Å²) in [4.78, 5) is 12.9. The number of carbonyl (C=O) groups is 1. The van der Waals surface area contributed by atoms with Crippen molar-refractivity contribution in [1.29, 1.82) is 0 Å². The maximum absolute atomic E-state index is 12.6. The fourth-order valence-corrected chi connectivity index (χ4v) is 3.16. The summed E-state index contributed by atoms with van der Waals surface area (Å²) in [6.45, 7) is 0. The Morgan fingerprint density at radius 1 is 1.38 bits per heavy atom. The summed E-state index contributed by atoms with van der Waals surface area (Å²) >= 11 is 11.2. The molecule has 0 unspecified atom stereocenters. The van der Waals surface area contributed by atoms with Gasteiger partial charge in [-0.2, -0.15) is 0 Å². The zero-order chi connectivity index (χ0) is 15.5. The maximum Gasteiger partial charge on any atom is 0.255 e. The highest BCUT2D eigenvalue weighted by atomic mass is 35.5. The second kappa shape index (κ2) is 6.62. The van der Waals surface area contributed by atoms with E-state index in [1.165, 1.54) is 7.11 Å². The van der Waals surface area contributed by atoms with Crippen LogP contribution in [0.1, 0.15) is 42.5 Å². The van der Waals surface area contributed by atoms with Crippen molar-refractivity contribution in [3.05, 3.63) is 28.8 Å². The highest BCUT2D eigenvalue weighted by Crippen LogP contribution is 2.30. The van der Waals surface area contributed by atoms with Crippen molar-refractivity contribution in [1.82, 2.24) is 5.32 Å². The molecule has 0 heterocycles. The average Bonchev–Trinajstić information content (AvgIpc) is 2.48. The summed E-state index contributed by atoms with van der Waals surface area (Å²) in [6, 6.07) is 4.94. The second-order valence-electron chi connectivity index (χ2n) is 5.31. The number of hydrogen-bond acceptors (Lipinski definition) is 3. The molecule has 0 saturated heterocycles. The Kier molecular flexibility index (Phi) is 5.06. The fourth-order valence-electron chi connectivity index (χ4n) is 2.73. The first-order valence-electron chi connectivity index (χ1n) is 6.94. The third-order valence-corrected chi connectivity index (χ3v) is 4.56. The van der Waals surface area contributed by atoms with Crippen molar-refractivity contribution in [2.45, 2.75) is 37.6 Å². The molecule has 0 bridgehead atoms. The molecule has 1 aliphatic rings. The zero-order valence-corrected chi connectivity index (χ0v) is 13.5. The second-order valence-corrected chi connectivity index (χ2v) is 6.18. The molecule has 1 saturated carbocycles. The summed E-state index contributed by atoms with van der Waals surface area (Å²) in [5.41, 5.74) is 5.68. The molecule has 1 fully saturated rings. The SMILES string of the molecule is COc1ccc(Cl)cc1C(=O)NC1(C(N)=S)CCCCC1. The van der Waals surface area contributed by atoms with Crippen LogP contribution in [0.2, 0.25) is 5.02 Å². The van der Waals surface area contributed by atoms with E-state index in [9.17, 15) is 4.79 Å². The third kappa shape index (κ3) is 3.47. The number of hydrogen-bond donors (Lipinski definition) is 2. The van der Waals surface area contributed by atoms with Gasteiger partial charge in [-0.15, -0.1) is 0 Å². The lowest BCUT2D eigenvalue weighted by Gasteiger charge is -2.37. The molecule has 0 atom stereocenters. The number of rotatable bonds is 4. The van der Waals surface area contributed by atoms with Gasteiger partial charge in [0.2, 0.25) is 0 Å². The van der Waals surface area contributed by atoms with E-state index < -0.39 is 5.54 Å². The number of methoxy groups -OCH3 is 1. The monoisotopic (exact) mass is 326 g/mol. The highest BCUT2D eigenvalue weighted by molar-refractivity contribution is 7.80. The molecule has 6 heteroatoms. The molecule has 2 rings (SSSR count). The molecule has 114 valence electrons. The van der Waals surface area contributed by atoms with E-state index in [4.69, 9.17) is 34.3 Å². The predicted molar refractivity (Wildman–Crippen MR) is 88.1 cm³/mol. The van der Waals surface area contributed by atoms with Crippen LogP contribution in [0.4, 0.5) is 0 Å². The molecular weight excluding hydrogens is 308 g/mol. The van der Waals surface area contributed by atoms with Crippen LogP contribution in [-0.2, 0) is 0 Å². The normalized spacial score (nSPS) is 17.0. The van der Waals surface area contributed by atoms with Crippen LogP contribution in [0.3, 0.4) is 0 Å². The molecule has 1 aromatic carbocycles. The molecule has 3 N–H and O–H groups in total. The molecule has 0 aliphatic heterocycles. The van der Waals surface area contributed by atoms with E-state index in [1.54, 1.807) is 18.2 Å². The minimum Gasteiger partial charge on any atom is -0.496 e. The van der Waals surface area contributed by atoms with Crippen molar-refractivity contribution in [2.24, 2.45) is 5.73 Å². The number of carbonyl (C=O) groups excluding carboxylic acids is 1. The zero-order valence-electron chi connectivity index (χ0n) is 11.9. The van der Waals surface area contributed by atoms with Gasteiger partial charge in [0.15, 0.2) is 0 Å². The van der Waals surface area contributed by atoms with Gasteiger partial charge in [-0.05, 0) is 31.0 Å². The molecule has 4 nitrogen and oxygen atoms in total. The van der Waals surface area contributed by atoms with Crippen molar-refractivity contribution >= 4 is 34.7 Å². The minimum absolute atomic E-state index is 0.260. The number of amides is 1. The summed E-state index contributed by atoms with van der Waals surface area (Å²) < 4.78 is 5.22. The maximum atomic E-state index is 12.6. The van der Waals surface area contributed by atoms with Crippen LogP contribution in [0.15, 0.2) is 18.2 Å². The molecule has 1 aliphatic carbocycles. The first kappa shape index (κ1) is 16.0. The van der Waals surface area contributed by atoms with Crippen molar-refractivity contribution < 1.29 is 9.53 Å². The summed E-state index contributed by atoms with van der Waals surface area (Å²) in [5, 5.41) is 3.49. The van der Waals surface area contributed by atoms with Crippen LogP contribution in [-0.4, -0.2) is 23.5 Å². The van der Waals surface area contributed by atoms with Gasteiger partial charge in [0, 0.05) is 5.02 Å². The first-order chi connectivity index (χ1) is 9.98. The number of nitrogens with two attached hydrogens (primary N) is 1. The Labute approximate surface area is 135 Å². The molecule has 0 spiro atoms. The van der Waals surface area contributed by atoms with Gasteiger partial charge in [0.1, 0.15) is 5.75 Å². The number of ether oxygens (including phenoxy) is 1. The Hall–Kier alpha value is -1.33. The van der Waals surface area contributed by atoms with Gasteiger partial charge in [-0.3, -0.25) is 4.79 Å². The van der Waals surface area contributed by atoms with Gasteiger partial charge in [-0.25, -0.2) is 0 Å². The minimum atomic E-state index is -0.599. The fraction of sp³-hybridized carbons (Fsp3) is 0.467. The molecule has 21 heavy (non-hydrogen) atoms. The summed E-state index contributed by atoms with van der Waals surface area (Å²) in [7, 11) is 1.52. The van der Waals surface area contributed by atoms with Crippen molar-refractivity contribution in [3.8, 4) is 5.75 Å². The van der Waals surface area contributed by atoms with Gasteiger partial charge in [-0.1, -0.05) is 43.1 Å². The predicted octanol–water partition coefficient (Wildman–Crippen LogP) is 3.07. The molecule has 0 radical (unpaired) electrons. The lowest BCUT2D eigenvalue weighted by atomic mass is 9.81. The number of benzene rings is 1. The van der Waals surface area contributed by atoms with E-state index in [1.807, 2.05) is 0 Å². The van der Waals surface area contributed by atoms with E-state index in [-0.39, 0.29) is 5.91 Å². The van der Waals surface area contributed by atoms with E-state index in [0.29, 0.717) is 21.3 Å². The molecular formula is C15H19ClN2O2S. The van der Waals surface area contributed by atoms with Crippen LogP contribution < -0.4 is 15.8 Å². The third-order valence-electron chi connectivity index (χ3n) is 3.94. The van der Waals surface area contributed by atoms with E-state index >= 15 is 0 Å². The van der Waals surface area contributed by atoms with Gasteiger partial charge >= 0.3 is 0 Å². The van der Waals surface area contributed by atoms with E-state index in [0.717, 1.165) is 32.1 Å². The van der Waals surface area contributed by atoms with Crippen molar-refractivity contribution in [2.75, 3.05) is 7.11 Å². The topological polar surface area (TPSA) is 64.3 Å². The largest absolute Gasteiger partial charge is 0.496 e. The Balaban J connectivity index is 2.27. The smallest absolute Gasteiger partial charge is 0.255 e. The average molecular weight is 327 g/mol. The van der Waals surface area contributed by atoms with Gasteiger partial charge < -0.3 is 15.8 Å². The summed E-state index contributed by atoms with van der Waals surface area (Å²) in [5.74, 6) is 0.217. The van der Waals surface area contributed by atoms with Gasteiger partial charge in [0.25, 0.3) is 5.91 Å². The number of thiocarbonyl (C=S) groups is 1. The number of nitrogens with one attached hydrogen (secondary N) is 1. The summed E-state index contributed by atoms with van der Waals surface area (Å²) in [6.07, 6.45) is 4.70. The lowest BCUT2D eigenvalue weighted by Crippen LogP contribution is -2.57. The Bertz CT molecular complexity index is 557. The first-order valence-corrected chi connectivity index (χ1v) is 7.73. The lowest BCUT2D eigenvalue weighted by molar-refractivity contribution is 0.0905. The van der Waals surface area contributed by atoms with Crippen LogP contribution in [0.25, 0.3) is 0 Å². The standard InChI is InChI=1S/C15H19ClN2O2S/c1-20-12-6-5-10(16)9-11(12)13(19)18-15(14(17)21)7-3-2-4-8-15/h5-6,9H,2-4,7-8H2,1H3,(H2,17,21)(H,18,19). The van der Waals surface area contributed by atoms with Crippen LogP contribution in [0, 0.1) is 0 Å². The molecule has 1 aromatic rings. The van der Waals surface area contributed by atoms with Gasteiger partial charge in [0.05, 0.1) is 23.2 Å². The molecule has 0 aromatic heterocycles. The number of halogens is 1. The van der Waals surface area contributed by atoms with Crippen LogP contribution in [0.5, 0.6) is 5.75 Å². The Morgan fingerprint density at radius 3 is 2.62 bits per heavy atom. The van der Waals surface area contributed by atoms with E-state index in [2.05, 4.69) is 5.32 Å². The quantitative estimate of drug-likeness (QED) is 0.835.